The van der Waals surface area contributed by atoms with Crippen molar-refractivity contribution >= 4 is 54.3 Å². The molecule has 0 saturated carbocycles. The lowest BCUT2D eigenvalue weighted by atomic mass is 9.85. The molecule has 0 aliphatic carbocycles. The Balaban J connectivity index is 1.32. The van der Waals surface area contributed by atoms with Crippen LogP contribution in [0.15, 0.2) is 162 Å². The molecule has 0 N–H and O–H groups in total. The van der Waals surface area contributed by atoms with Crippen molar-refractivity contribution < 1.29 is 26.3 Å². The van der Waals surface area contributed by atoms with E-state index in [9.17, 15) is 1.37 Å². The van der Waals surface area contributed by atoms with E-state index in [2.05, 4.69) is 0 Å². The molecule has 8 aromatic carbocycles. The summed E-state index contributed by atoms with van der Waals surface area (Å²) in [5, 5.41) is 1.86. The third-order valence-corrected chi connectivity index (χ3v) is 7.71. The molecule has 1 heteroatoms. The topological polar surface area (TPSA) is 13.1 Å². The smallest absolute Gasteiger partial charge is 0.135 e. The molecule has 0 saturated heterocycles. The van der Waals surface area contributed by atoms with Crippen LogP contribution in [0, 0.1) is 0 Å². The van der Waals surface area contributed by atoms with Crippen LogP contribution < -0.4 is 0 Å². The average molecular weight is 563 g/mol. The van der Waals surface area contributed by atoms with Crippen molar-refractivity contribution in [3.8, 4) is 33.4 Å². The first-order valence-corrected chi connectivity index (χ1v) is 13.4. The van der Waals surface area contributed by atoms with Crippen LogP contribution in [0.1, 0.15) is 21.9 Å². The van der Waals surface area contributed by atoms with Gasteiger partial charge >= 0.3 is 0 Å². The molecule has 1 heterocycles. The molecule has 1 aromatic heterocycles. The maximum atomic E-state index is 9.19. The molecule has 200 valence electrons. The monoisotopic (exact) mass is 562 g/mol. The summed E-state index contributed by atoms with van der Waals surface area (Å²) in [4.78, 5) is 0. The molecule has 43 heavy (non-hydrogen) atoms. The number of benzene rings is 8. The summed E-state index contributed by atoms with van der Waals surface area (Å²) >= 11 is 0. The predicted octanol–water partition coefficient (Wildman–Crippen LogP) is 12.0. The summed E-state index contributed by atoms with van der Waals surface area (Å²) in [6.45, 7) is 0. The van der Waals surface area contributed by atoms with E-state index < -0.39 is 42.3 Å². The fourth-order valence-corrected chi connectivity index (χ4v) is 5.79. The zero-order chi connectivity index (χ0) is 42.3. The quantitative estimate of drug-likeness (QED) is 0.195. The highest BCUT2D eigenvalue weighted by molar-refractivity contribution is 6.21. The second-order valence-corrected chi connectivity index (χ2v) is 10.1. The maximum absolute atomic E-state index is 9.19. The van der Waals surface area contributed by atoms with Crippen molar-refractivity contribution in [2.24, 2.45) is 0 Å². The van der Waals surface area contributed by atoms with E-state index in [0.29, 0.717) is 49.4 Å². The summed E-state index contributed by atoms with van der Waals surface area (Å²) in [6, 6.07) is 10.4. The van der Waals surface area contributed by atoms with E-state index in [1.54, 1.807) is 30.3 Å². The summed E-state index contributed by atoms with van der Waals surface area (Å²) in [7, 11) is 0. The van der Waals surface area contributed by atoms with Crippen LogP contribution in [0.4, 0.5) is 0 Å². The van der Waals surface area contributed by atoms with Gasteiger partial charge in [0.1, 0.15) is 11.2 Å². The van der Waals surface area contributed by atoms with Gasteiger partial charge in [0.05, 0.1) is 21.9 Å². The third kappa shape index (κ3) is 3.79. The minimum Gasteiger partial charge on any atom is -0.456 e. The van der Waals surface area contributed by atoms with E-state index in [4.69, 9.17) is 25.0 Å². The van der Waals surface area contributed by atoms with Gasteiger partial charge in [-0.2, -0.15) is 0 Å². The Bertz CT molecular complexity index is 3320. The van der Waals surface area contributed by atoms with Gasteiger partial charge < -0.3 is 4.42 Å². The number of rotatable bonds is 3. The van der Waals surface area contributed by atoms with Gasteiger partial charge in [0.2, 0.25) is 0 Å². The maximum Gasteiger partial charge on any atom is 0.135 e. The highest BCUT2D eigenvalue weighted by Gasteiger charge is 2.17. The van der Waals surface area contributed by atoms with Gasteiger partial charge in [-0.25, -0.2) is 0 Å². The van der Waals surface area contributed by atoms with E-state index in [0.717, 1.165) is 0 Å². The third-order valence-electron chi connectivity index (χ3n) is 7.71. The molecular formula is C42H26O. The minimum atomic E-state index is -0.531. The first-order chi connectivity index (χ1) is 27.9. The van der Waals surface area contributed by atoms with Gasteiger partial charge in [0.25, 0.3) is 0 Å². The van der Waals surface area contributed by atoms with Crippen LogP contribution in [0.2, 0.25) is 0 Å². The van der Waals surface area contributed by atoms with E-state index >= 15 is 0 Å². The van der Waals surface area contributed by atoms with Crippen molar-refractivity contribution in [1.29, 1.82) is 0 Å². The normalized spacial score (nSPS) is 16.9. The lowest BCUT2D eigenvalue weighted by Gasteiger charge is -2.18. The zero-order valence-corrected chi connectivity index (χ0v) is 22.2. The van der Waals surface area contributed by atoms with Crippen molar-refractivity contribution in [3.05, 3.63) is 157 Å². The van der Waals surface area contributed by atoms with Crippen molar-refractivity contribution in [1.82, 2.24) is 0 Å². The van der Waals surface area contributed by atoms with E-state index in [-0.39, 0.29) is 92.7 Å². The molecule has 1 nitrogen and oxygen atoms in total. The number of hydrogen-bond acceptors (Lipinski definition) is 1. The Kier molecular flexibility index (Phi) is 2.88. The summed E-state index contributed by atoms with van der Waals surface area (Å²) in [6.07, 6.45) is 0. The minimum absolute atomic E-state index is 0.0225. The zero-order valence-electron chi connectivity index (χ0n) is 38.2. The molecule has 0 aliphatic rings. The highest BCUT2D eigenvalue weighted by atomic mass is 16.3. The van der Waals surface area contributed by atoms with Crippen molar-refractivity contribution in [2.45, 2.75) is 0 Å². The summed E-state index contributed by atoms with van der Waals surface area (Å²) < 4.78 is 143. The fraction of sp³-hybridized carbons (Fsp3) is 0. The first-order valence-electron chi connectivity index (χ1n) is 21.4. The van der Waals surface area contributed by atoms with Gasteiger partial charge in [-0.15, -0.1) is 0 Å². The Labute approximate surface area is 271 Å². The molecule has 0 spiro atoms. The largest absolute Gasteiger partial charge is 0.456 e. The van der Waals surface area contributed by atoms with Crippen molar-refractivity contribution in [2.75, 3.05) is 0 Å². The highest BCUT2D eigenvalue weighted by Crippen LogP contribution is 2.44. The van der Waals surface area contributed by atoms with Crippen molar-refractivity contribution in [3.63, 3.8) is 0 Å². The SMILES string of the molecule is [2H]c1cc2c(-c3ccc(-c4c([2H])c([2H])c5oc6c([2H])c([2H])c([2H])c([2H])c6c5c4[2H])cc3)c3cc([2H])c([2H])cc3c(-c3cc([2H])c4c([2H])c([2H])c([2H])c([2H])c4c3)c2cc1[2H]. The number of para-hydroxylation sites is 1. The van der Waals surface area contributed by atoms with Gasteiger partial charge in [0.15, 0.2) is 0 Å². The number of furan rings is 1. The van der Waals surface area contributed by atoms with Crippen LogP contribution >= 0.6 is 0 Å². The van der Waals surface area contributed by atoms with Crippen LogP contribution in [-0.4, -0.2) is 0 Å². The molecule has 0 aliphatic heterocycles. The Hall–Kier alpha value is -5.66. The number of hydrogen-bond donors (Lipinski definition) is 0. The van der Waals surface area contributed by atoms with Gasteiger partial charge in [-0.3, -0.25) is 0 Å². The standard InChI is InChI=1S/C42H26O/c1-2-10-30-25-32(22-19-27(30)9-1)42-36-14-5-3-12-34(36)41(35-13-4-6-15-37(35)42)29-20-17-28(18-21-29)31-23-24-40-38(26-31)33-11-7-8-16-39(33)43-40/h1-26H/i1D,2D,3D,4D,5D,6D,7D,8D,9D,10D,11D,16D,19D,23D,24D,26D. The van der Waals surface area contributed by atoms with Gasteiger partial charge in [-0.05, 0) is 89.9 Å². The van der Waals surface area contributed by atoms with Gasteiger partial charge in [0, 0.05) is 10.8 Å². The Morgan fingerprint density at radius 2 is 0.953 bits per heavy atom. The first kappa shape index (κ1) is 13.1. The molecule has 9 rings (SSSR count). The molecule has 0 bridgehead atoms. The Morgan fingerprint density at radius 3 is 1.67 bits per heavy atom. The van der Waals surface area contributed by atoms with Crippen LogP contribution in [0.5, 0.6) is 0 Å². The van der Waals surface area contributed by atoms with Crippen LogP contribution in [-0.2, 0) is 0 Å². The molecular weight excluding hydrogens is 520 g/mol. The van der Waals surface area contributed by atoms with Gasteiger partial charge in [-0.1, -0.05) is 133 Å². The molecule has 0 amide bonds. The molecule has 9 aromatic rings. The Morgan fingerprint density at radius 1 is 0.372 bits per heavy atom. The summed E-state index contributed by atoms with van der Waals surface area (Å²) in [5.74, 6) is 0. The molecule has 0 atom stereocenters. The fourth-order valence-electron chi connectivity index (χ4n) is 5.79. The lowest BCUT2D eigenvalue weighted by molar-refractivity contribution is 0.669. The molecule has 0 radical (unpaired) electrons. The second kappa shape index (κ2) is 9.44. The van der Waals surface area contributed by atoms with E-state index in [1.165, 1.54) is 30.3 Å². The van der Waals surface area contributed by atoms with E-state index in [1.807, 2.05) is 0 Å². The predicted molar refractivity (Wildman–Crippen MR) is 183 cm³/mol. The molecule has 0 unspecified atom stereocenters. The molecule has 0 fully saturated rings. The van der Waals surface area contributed by atoms with Crippen LogP contribution in [0.3, 0.4) is 0 Å². The van der Waals surface area contributed by atoms with Crippen LogP contribution in [0.25, 0.3) is 87.6 Å². The summed E-state index contributed by atoms with van der Waals surface area (Å²) in [5.41, 5.74) is 1.80. The lowest BCUT2D eigenvalue weighted by Crippen LogP contribution is -1.91. The average Bonchev–Trinajstić information content (AvgIpc) is 3.62. The number of fused-ring (bicyclic) bond motifs is 6. The second-order valence-electron chi connectivity index (χ2n) is 10.1.